The number of amides is 1. The fourth-order valence-electron chi connectivity index (χ4n) is 2.64. The van der Waals surface area contributed by atoms with Crippen molar-refractivity contribution in [3.05, 3.63) is 35.2 Å². The van der Waals surface area contributed by atoms with Gasteiger partial charge in [-0.3, -0.25) is 4.79 Å². The van der Waals surface area contributed by atoms with Crippen LogP contribution in [0.1, 0.15) is 38.1 Å². The fraction of sp³-hybridized carbons (Fsp3) is 0.400. The van der Waals surface area contributed by atoms with E-state index in [9.17, 15) is 4.79 Å². The van der Waals surface area contributed by atoms with E-state index in [2.05, 4.69) is 10.1 Å². The normalized spacial score (nSPS) is 18.2. The van der Waals surface area contributed by atoms with Crippen LogP contribution in [0.3, 0.4) is 0 Å². The number of carbonyl (C=O) groups is 1. The Labute approximate surface area is 127 Å². The van der Waals surface area contributed by atoms with Crippen molar-refractivity contribution in [1.29, 1.82) is 0 Å². The highest BCUT2D eigenvalue weighted by atomic mass is 35.5. The van der Waals surface area contributed by atoms with Crippen LogP contribution in [0.5, 0.6) is 0 Å². The van der Waals surface area contributed by atoms with Crippen molar-refractivity contribution >= 4 is 17.5 Å². The fourth-order valence-corrected chi connectivity index (χ4v) is 2.83. The third kappa shape index (κ3) is 2.78. The number of hydrogen-bond acceptors (Lipinski definition) is 4. The van der Waals surface area contributed by atoms with E-state index in [-0.39, 0.29) is 11.9 Å². The lowest BCUT2D eigenvalue weighted by Gasteiger charge is -2.20. The first-order valence-electron chi connectivity index (χ1n) is 7.08. The van der Waals surface area contributed by atoms with Crippen molar-refractivity contribution in [3.63, 3.8) is 0 Å². The van der Waals surface area contributed by atoms with Crippen molar-refractivity contribution in [1.82, 2.24) is 15.0 Å². The zero-order valence-corrected chi connectivity index (χ0v) is 12.5. The molecular weight excluding hydrogens is 290 g/mol. The summed E-state index contributed by atoms with van der Waals surface area (Å²) in [4.78, 5) is 18.2. The Bertz CT molecular complexity index is 656. The summed E-state index contributed by atoms with van der Waals surface area (Å²) in [7, 11) is 0. The third-order valence-corrected chi connectivity index (χ3v) is 3.92. The molecule has 0 spiro atoms. The summed E-state index contributed by atoms with van der Waals surface area (Å²) < 4.78 is 5.37. The smallest absolute Gasteiger partial charge is 0.249 e. The van der Waals surface area contributed by atoms with Gasteiger partial charge in [-0.05, 0) is 25.0 Å². The largest absolute Gasteiger partial charge is 0.337 e. The molecule has 0 saturated carbocycles. The maximum atomic E-state index is 11.9. The van der Waals surface area contributed by atoms with E-state index >= 15 is 0 Å². The van der Waals surface area contributed by atoms with Gasteiger partial charge in [-0.25, -0.2) is 0 Å². The van der Waals surface area contributed by atoms with Gasteiger partial charge in [-0.2, -0.15) is 4.98 Å². The average molecular weight is 306 g/mol. The molecule has 3 rings (SSSR count). The first-order chi connectivity index (χ1) is 10.2. The van der Waals surface area contributed by atoms with Crippen LogP contribution < -0.4 is 0 Å². The summed E-state index contributed by atoms with van der Waals surface area (Å²) in [5, 5.41) is 4.64. The van der Waals surface area contributed by atoms with Crippen LogP contribution in [0, 0.1) is 0 Å². The number of nitrogens with zero attached hydrogens (tertiary/aromatic N) is 3. The molecule has 110 valence electrons. The lowest BCUT2D eigenvalue weighted by Crippen LogP contribution is -2.29. The molecule has 6 heteroatoms. The Balaban J connectivity index is 1.86. The molecule has 1 amide bonds. The molecular formula is C15H16ClN3O2. The number of benzene rings is 1. The number of hydrogen-bond donors (Lipinski definition) is 0. The van der Waals surface area contributed by atoms with Crippen LogP contribution in [0.25, 0.3) is 11.4 Å². The standard InChI is InChI=1S/C15H16ClN3O2/c1-2-13(20)19-8-4-7-12(19)15-17-14(18-21-15)10-5-3-6-11(16)9-10/h3,5-6,9,12H,2,4,7-8H2,1H3/t12-/m0/s1. The second kappa shape index (κ2) is 5.85. The number of rotatable bonds is 3. The van der Waals surface area contributed by atoms with Crippen molar-refractivity contribution in [3.8, 4) is 11.4 Å². The highest BCUT2D eigenvalue weighted by Crippen LogP contribution is 2.32. The van der Waals surface area contributed by atoms with Gasteiger partial charge in [0.2, 0.25) is 17.6 Å². The Morgan fingerprint density at radius 3 is 3.14 bits per heavy atom. The third-order valence-electron chi connectivity index (χ3n) is 3.69. The highest BCUT2D eigenvalue weighted by molar-refractivity contribution is 6.30. The highest BCUT2D eigenvalue weighted by Gasteiger charge is 2.33. The molecule has 0 bridgehead atoms. The van der Waals surface area contributed by atoms with Crippen LogP contribution in [0.15, 0.2) is 28.8 Å². The maximum absolute atomic E-state index is 11.9. The number of carbonyl (C=O) groups excluding carboxylic acids is 1. The Hall–Kier alpha value is -1.88. The summed E-state index contributed by atoms with van der Waals surface area (Å²) in [6.45, 7) is 2.62. The predicted octanol–water partition coefficient (Wildman–Crippen LogP) is 3.46. The van der Waals surface area contributed by atoms with Gasteiger partial charge in [0, 0.05) is 23.6 Å². The molecule has 2 heterocycles. The van der Waals surface area contributed by atoms with E-state index in [4.69, 9.17) is 16.1 Å². The van der Waals surface area contributed by atoms with Gasteiger partial charge in [0.1, 0.15) is 6.04 Å². The average Bonchev–Trinajstić information content (AvgIpc) is 3.15. The van der Waals surface area contributed by atoms with E-state index in [1.165, 1.54) is 0 Å². The van der Waals surface area contributed by atoms with Crippen LogP contribution >= 0.6 is 11.6 Å². The molecule has 0 unspecified atom stereocenters. The first-order valence-corrected chi connectivity index (χ1v) is 7.46. The Kier molecular flexibility index (Phi) is 3.92. The molecule has 1 aromatic carbocycles. The zero-order valence-electron chi connectivity index (χ0n) is 11.8. The van der Waals surface area contributed by atoms with Gasteiger partial charge in [-0.15, -0.1) is 0 Å². The van der Waals surface area contributed by atoms with Crippen molar-refractivity contribution in [2.24, 2.45) is 0 Å². The van der Waals surface area contributed by atoms with Crippen molar-refractivity contribution in [2.75, 3.05) is 6.54 Å². The molecule has 1 fully saturated rings. The quantitative estimate of drug-likeness (QED) is 0.871. The molecule has 2 aromatic rings. The van der Waals surface area contributed by atoms with Crippen LogP contribution in [-0.4, -0.2) is 27.5 Å². The minimum absolute atomic E-state index is 0.0992. The molecule has 1 aliphatic heterocycles. The topological polar surface area (TPSA) is 59.2 Å². The molecule has 1 atom stereocenters. The van der Waals surface area contributed by atoms with Gasteiger partial charge in [0.25, 0.3) is 0 Å². The van der Waals surface area contributed by atoms with Crippen LogP contribution in [-0.2, 0) is 4.79 Å². The molecule has 5 nitrogen and oxygen atoms in total. The maximum Gasteiger partial charge on any atom is 0.249 e. The number of likely N-dealkylation sites (tertiary alicyclic amines) is 1. The summed E-state index contributed by atoms with van der Waals surface area (Å²) >= 11 is 5.97. The first kappa shape index (κ1) is 14.1. The second-order valence-electron chi connectivity index (χ2n) is 5.07. The second-order valence-corrected chi connectivity index (χ2v) is 5.50. The van der Waals surface area contributed by atoms with Crippen LogP contribution in [0.4, 0.5) is 0 Å². The van der Waals surface area contributed by atoms with Gasteiger partial charge in [0.15, 0.2) is 0 Å². The Morgan fingerprint density at radius 2 is 2.38 bits per heavy atom. The monoisotopic (exact) mass is 305 g/mol. The van der Waals surface area contributed by atoms with Gasteiger partial charge in [-0.1, -0.05) is 35.8 Å². The Morgan fingerprint density at radius 1 is 1.52 bits per heavy atom. The summed E-state index contributed by atoms with van der Waals surface area (Å²) in [6, 6.07) is 7.21. The van der Waals surface area contributed by atoms with E-state index in [0.29, 0.717) is 23.2 Å². The summed E-state index contributed by atoms with van der Waals surface area (Å²) in [5.74, 6) is 1.13. The number of halogens is 1. The molecule has 1 saturated heterocycles. The van der Waals surface area contributed by atoms with Crippen molar-refractivity contribution in [2.45, 2.75) is 32.2 Å². The number of aromatic nitrogens is 2. The summed E-state index contributed by atoms with van der Waals surface area (Å²) in [6.07, 6.45) is 2.32. The lowest BCUT2D eigenvalue weighted by molar-refractivity contribution is -0.132. The minimum Gasteiger partial charge on any atom is -0.337 e. The van der Waals surface area contributed by atoms with E-state index < -0.39 is 0 Å². The molecule has 0 N–H and O–H groups in total. The SMILES string of the molecule is CCC(=O)N1CCC[C@H]1c1nc(-c2cccc(Cl)c2)no1. The zero-order chi connectivity index (χ0) is 14.8. The van der Waals surface area contributed by atoms with E-state index in [0.717, 1.165) is 24.9 Å². The van der Waals surface area contributed by atoms with Gasteiger partial charge < -0.3 is 9.42 Å². The molecule has 0 aliphatic carbocycles. The predicted molar refractivity (Wildman–Crippen MR) is 78.7 cm³/mol. The lowest BCUT2D eigenvalue weighted by atomic mass is 10.2. The van der Waals surface area contributed by atoms with E-state index in [1.807, 2.05) is 24.0 Å². The molecule has 1 aromatic heterocycles. The molecule has 1 aliphatic rings. The van der Waals surface area contributed by atoms with E-state index in [1.54, 1.807) is 12.1 Å². The van der Waals surface area contributed by atoms with Crippen molar-refractivity contribution < 1.29 is 9.32 Å². The van der Waals surface area contributed by atoms with Crippen LogP contribution in [0.2, 0.25) is 5.02 Å². The summed E-state index contributed by atoms with van der Waals surface area (Å²) in [5.41, 5.74) is 0.809. The minimum atomic E-state index is -0.0992. The van der Waals surface area contributed by atoms with Gasteiger partial charge >= 0.3 is 0 Å². The molecule has 0 radical (unpaired) electrons. The van der Waals surface area contributed by atoms with Gasteiger partial charge in [0.05, 0.1) is 0 Å². The molecule has 21 heavy (non-hydrogen) atoms.